The molecule has 120 valence electrons. The number of aromatic nitrogens is 3. The summed E-state index contributed by atoms with van der Waals surface area (Å²) < 4.78 is 7.32. The molecule has 0 atom stereocenters. The molecule has 7 heteroatoms. The first-order valence-corrected chi connectivity index (χ1v) is 8.45. The molecule has 0 aliphatic heterocycles. The Hall–Kier alpha value is -2.49. The lowest BCUT2D eigenvalue weighted by Gasteiger charge is -2.12. The Morgan fingerprint density at radius 2 is 2.04 bits per heavy atom. The van der Waals surface area contributed by atoms with Gasteiger partial charge >= 0.3 is 0 Å². The average molecular weight is 357 g/mol. The SMILES string of the molecule is COc1ccccc1-c1nnc(SCC#N)n1-c1cccc(Cl)c1. The van der Waals surface area contributed by atoms with Gasteiger partial charge in [0.2, 0.25) is 0 Å². The summed E-state index contributed by atoms with van der Waals surface area (Å²) in [5.74, 6) is 1.62. The molecule has 0 bridgehead atoms. The van der Waals surface area contributed by atoms with Crippen molar-refractivity contribution in [2.45, 2.75) is 5.16 Å². The number of hydrogen-bond acceptors (Lipinski definition) is 5. The van der Waals surface area contributed by atoms with Gasteiger partial charge in [-0.3, -0.25) is 4.57 Å². The van der Waals surface area contributed by atoms with Crippen molar-refractivity contribution in [3.63, 3.8) is 0 Å². The van der Waals surface area contributed by atoms with Gasteiger partial charge in [0.1, 0.15) is 5.75 Å². The van der Waals surface area contributed by atoms with E-state index >= 15 is 0 Å². The van der Waals surface area contributed by atoms with E-state index in [-0.39, 0.29) is 5.75 Å². The zero-order valence-corrected chi connectivity index (χ0v) is 14.4. The zero-order valence-electron chi connectivity index (χ0n) is 12.8. The number of nitrogens with zero attached hydrogens (tertiary/aromatic N) is 4. The second kappa shape index (κ2) is 7.39. The first-order valence-electron chi connectivity index (χ1n) is 7.09. The van der Waals surface area contributed by atoms with Gasteiger partial charge in [0.25, 0.3) is 0 Å². The van der Waals surface area contributed by atoms with E-state index in [1.807, 2.05) is 47.0 Å². The molecule has 3 rings (SSSR count). The Labute approximate surface area is 148 Å². The zero-order chi connectivity index (χ0) is 16.9. The van der Waals surface area contributed by atoms with E-state index in [9.17, 15) is 0 Å². The van der Waals surface area contributed by atoms with Crippen molar-refractivity contribution in [1.82, 2.24) is 14.8 Å². The number of benzene rings is 2. The maximum atomic E-state index is 8.87. The Balaban J connectivity index is 2.20. The molecular weight excluding hydrogens is 344 g/mol. The van der Waals surface area contributed by atoms with Crippen molar-refractivity contribution in [2.75, 3.05) is 12.9 Å². The molecule has 1 heterocycles. The topological polar surface area (TPSA) is 63.7 Å². The van der Waals surface area contributed by atoms with Gasteiger partial charge in [-0.25, -0.2) is 0 Å². The monoisotopic (exact) mass is 356 g/mol. The highest BCUT2D eigenvalue weighted by atomic mass is 35.5. The molecule has 0 amide bonds. The fourth-order valence-electron chi connectivity index (χ4n) is 2.31. The van der Waals surface area contributed by atoms with E-state index in [1.54, 1.807) is 13.2 Å². The second-order valence-corrected chi connectivity index (χ2v) is 6.15. The van der Waals surface area contributed by atoms with E-state index in [4.69, 9.17) is 21.6 Å². The summed E-state index contributed by atoms with van der Waals surface area (Å²) in [6.45, 7) is 0. The number of hydrogen-bond donors (Lipinski definition) is 0. The van der Waals surface area contributed by atoms with E-state index in [2.05, 4.69) is 16.3 Å². The van der Waals surface area contributed by atoms with Gasteiger partial charge in [0.15, 0.2) is 11.0 Å². The number of ether oxygens (including phenoxy) is 1. The second-order valence-electron chi connectivity index (χ2n) is 4.77. The van der Waals surface area contributed by atoms with Gasteiger partial charge in [-0.05, 0) is 30.3 Å². The lowest BCUT2D eigenvalue weighted by molar-refractivity contribution is 0.416. The molecule has 0 unspecified atom stereocenters. The third-order valence-electron chi connectivity index (χ3n) is 3.31. The highest BCUT2D eigenvalue weighted by molar-refractivity contribution is 7.99. The highest BCUT2D eigenvalue weighted by Gasteiger charge is 2.18. The minimum atomic E-state index is 0.282. The van der Waals surface area contributed by atoms with Crippen LogP contribution in [-0.4, -0.2) is 27.6 Å². The predicted molar refractivity (Wildman–Crippen MR) is 94.7 cm³/mol. The van der Waals surface area contributed by atoms with Crippen molar-refractivity contribution in [1.29, 1.82) is 5.26 Å². The van der Waals surface area contributed by atoms with E-state index in [0.717, 1.165) is 11.3 Å². The third-order valence-corrected chi connectivity index (χ3v) is 4.34. The van der Waals surface area contributed by atoms with Crippen LogP contribution in [0.15, 0.2) is 53.7 Å². The normalized spacial score (nSPS) is 10.4. The molecule has 3 aromatic rings. The van der Waals surface area contributed by atoms with Crippen molar-refractivity contribution < 1.29 is 4.74 Å². The lowest BCUT2D eigenvalue weighted by atomic mass is 10.2. The number of para-hydroxylation sites is 1. The Kier molecular flexibility index (Phi) is 5.04. The summed E-state index contributed by atoms with van der Waals surface area (Å²) in [5.41, 5.74) is 1.64. The predicted octanol–water partition coefficient (Wildman–Crippen LogP) is 4.21. The summed E-state index contributed by atoms with van der Waals surface area (Å²) in [4.78, 5) is 0. The fraction of sp³-hybridized carbons (Fsp3) is 0.118. The smallest absolute Gasteiger partial charge is 0.197 e. The van der Waals surface area contributed by atoms with E-state index in [0.29, 0.717) is 21.8 Å². The number of thioether (sulfide) groups is 1. The fourth-order valence-corrected chi connectivity index (χ4v) is 3.11. The summed E-state index contributed by atoms with van der Waals surface area (Å²) in [6.07, 6.45) is 0. The molecule has 0 spiro atoms. The van der Waals surface area contributed by atoms with Crippen LogP contribution >= 0.6 is 23.4 Å². The highest BCUT2D eigenvalue weighted by Crippen LogP contribution is 2.33. The third kappa shape index (κ3) is 3.23. The lowest BCUT2D eigenvalue weighted by Crippen LogP contribution is -2.01. The van der Waals surface area contributed by atoms with Crippen molar-refractivity contribution in [3.05, 3.63) is 53.6 Å². The van der Waals surface area contributed by atoms with Crippen LogP contribution in [0.4, 0.5) is 0 Å². The molecule has 0 saturated carbocycles. The van der Waals surface area contributed by atoms with Crippen LogP contribution in [0.25, 0.3) is 17.1 Å². The minimum absolute atomic E-state index is 0.282. The molecule has 0 aliphatic rings. The largest absolute Gasteiger partial charge is 0.496 e. The summed E-state index contributed by atoms with van der Waals surface area (Å²) in [6, 6.07) is 17.1. The number of methoxy groups -OCH3 is 1. The van der Waals surface area contributed by atoms with Crippen LogP contribution in [0.2, 0.25) is 5.02 Å². The van der Waals surface area contributed by atoms with E-state index < -0.39 is 0 Å². The Bertz CT molecular complexity index is 904. The average Bonchev–Trinajstić information content (AvgIpc) is 3.03. The molecule has 0 radical (unpaired) electrons. The molecular formula is C17H13ClN4OS. The first kappa shape index (κ1) is 16.4. The van der Waals surface area contributed by atoms with Crippen LogP contribution in [0.1, 0.15) is 0 Å². The van der Waals surface area contributed by atoms with Gasteiger partial charge in [-0.2, -0.15) is 5.26 Å². The van der Waals surface area contributed by atoms with Crippen molar-refractivity contribution in [2.24, 2.45) is 0 Å². The molecule has 0 fully saturated rings. The molecule has 5 nitrogen and oxygen atoms in total. The summed E-state index contributed by atoms with van der Waals surface area (Å²) in [5, 5.41) is 18.7. The quantitative estimate of drug-likeness (QED) is 0.641. The molecule has 0 saturated heterocycles. The van der Waals surface area contributed by atoms with E-state index in [1.165, 1.54) is 11.8 Å². The van der Waals surface area contributed by atoms with Gasteiger partial charge in [-0.15, -0.1) is 10.2 Å². The molecule has 1 aromatic heterocycles. The Morgan fingerprint density at radius 1 is 1.21 bits per heavy atom. The van der Waals surface area contributed by atoms with Gasteiger partial charge in [-0.1, -0.05) is 41.6 Å². The van der Waals surface area contributed by atoms with Crippen LogP contribution < -0.4 is 4.74 Å². The van der Waals surface area contributed by atoms with Crippen LogP contribution in [0.3, 0.4) is 0 Å². The van der Waals surface area contributed by atoms with Crippen LogP contribution in [-0.2, 0) is 0 Å². The molecule has 0 N–H and O–H groups in total. The minimum Gasteiger partial charge on any atom is -0.496 e. The number of halogens is 1. The van der Waals surface area contributed by atoms with Gasteiger partial charge in [0.05, 0.1) is 30.2 Å². The molecule has 24 heavy (non-hydrogen) atoms. The standard InChI is InChI=1S/C17H13ClN4OS/c1-23-15-8-3-2-7-14(15)16-20-21-17(24-10-9-19)22(16)13-6-4-5-12(18)11-13/h2-8,11H,10H2,1H3. The van der Waals surface area contributed by atoms with Crippen LogP contribution in [0, 0.1) is 11.3 Å². The molecule has 0 aliphatic carbocycles. The Morgan fingerprint density at radius 3 is 2.79 bits per heavy atom. The van der Waals surface area contributed by atoms with Crippen LogP contribution in [0.5, 0.6) is 5.75 Å². The van der Waals surface area contributed by atoms with Crippen molar-refractivity contribution in [3.8, 4) is 28.9 Å². The van der Waals surface area contributed by atoms with Gasteiger partial charge < -0.3 is 4.74 Å². The number of nitriles is 1. The maximum absolute atomic E-state index is 8.87. The van der Waals surface area contributed by atoms with Crippen molar-refractivity contribution >= 4 is 23.4 Å². The summed E-state index contributed by atoms with van der Waals surface area (Å²) in [7, 11) is 1.62. The number of rotatable bonds is 5. The maximum Gasteiger partial charge on any atom is 0.197 e. The van der Waals surface area contributed by atoms with Gasteiger partial charge in [0, 0.05) is 5.02 Å². The molecule has 2 aromatic carbocycles. The first-order chi connectivity index (χ1) is 11.7. The summed E-state index contributed by atoms with van der Waals surface area (Å²) >= 11 is 7.46.